The number of thioether (sulfide) groups is 1. The number of rotatable bonds is 10. The van der Waals surface area contributed by atoms with Gasteiger partial charge in [-0.15, -0.1) is 11.8 Å². The molecule has 2 aromatic carbocycles. The Morgan fingerprint density at radius 2 is 1.80 bits per heavy atom. The molecule has 162 valence electrons. The Morgan fingerprint density at radius 3 is 2.43 bits per heavy atom. The number of carbonyl (C=O) groups is 2. The number of carbonyl (C=O) groups excluding carboxylic acids is 2. The highest BCUT2D eigenvalue weighted by molar-refractivity contribution is 7.99. The van der Waals surface area contributed by atoms with E-state index in [1.165, 1.54) is 17.8 Å². The lowest BCUT2D eigenvalue weighted by Crippen LogP contribution is -2.48. The van der Waals surface area contributed by atoms with Crippen molar-refractivity contribution in [1.29, 1.82) is 0 Å². The fraction of sp³-hybridized carbons (Fsp3) is 0.391. The maximum absolute atomic E-state index is 14.0. The van der Waals surface area contributed by atoms with Gasteiger partial charge in [0.05, 0.1) is 5.75 Å². The molecule has 1 unspecified atom stereocenters. The molecule has 0 saturated heterocycles. The first-order chi connectivity index (χ1) is 14.3. The number of hydrogen-bond acceptors (Lipinski definition) is 3. The molecule has 0 radical (unpaired) electrons. The van der Waals surface area contributed by atoms with Crippen LogP contribution in [0.1, 0.15) is 31.9 Å². The van der Waals surface area contributed by atoms with Crippen molar-refractivity contribution in [3.63, 3.8) is 0 Å². The van der Waals surface area contributed by atoms with Gasteiger partial charge in [-0.25, -0.2) is 4.39 Å². The topological polar surface area (TPSA) is 49.4 Å². The average molecular weight is 451 g/mol. The quantitative estimate of drug-likeness (QED) is 0.560. The molecule has 0 aliphatic carbocycles. The van der Waals surface area contributed by atoms with Crippen LogP contribution >= 0.6 is 23.4 Å². The summed E-state index contributed by atoms with van der Waals surface area (Å²) < 4.78 is 14.0. The summed E-state index contributed by atoms with van der Waals surface area (Å²) in [6.45, 7) is 6.65. The zero-order valence-corrected chi connectivity index (χ0v) is 19.1. The third kappa shape index (κ3) is 7.33. The van der Waals surface area contributed by atoms with Crippen LogP contribution in [0.25, 0.3) is 0 Å². The van der Waals surface area contributed by atoms with Crippen LogP contribution in [-0.2, 0) is 21.9 Å². The van der Waals surface area contributed by atoms with Crippen molar-refractivity contribution in [2.75, 3.05) is 12.3 Å². The first kappa shape index (κ1) is 24.2. The summed E-state index contributed by atoms with van der Waals surface area (Å²) in [5.74, 6) is -0.0203. The van der Waals surface area contributed by atoms with E-state index in [4.69, 9.17) is 11.6 Å². The van der Waals surface area contributed by atoms with E-state index in [1.807, 2.05) is 44.2 Å². The van der Waals surface area contributed by atoms with Crippen molar-refractivity contribution in [3.05, 3.63) is 70.5 Å². The molecule has 0 aromatic heterocycles. The predicted octanol–water partition coefficient (Wildman–Crippen LogP) is 4.90. The monoisotopic (exact) mass is 450 g/mol. The van der Waals surface area contributed by atoms with Crippen LogP contribution in [0.3, 0.4) is 0 Å². The fourth-order valence-corrected chi connectivity index (χ4v) is 4.06. The Labute approximate surface area is 187 Å². The molecule has 2 rings (SSSR count). The molecule has 0 fully saturated rings. The molecule has 2 amide bonds. The third-order valence-corrected chi connectivity index (χ3v) is 5.88. The molecule has 7 heteroatoms. The molecular formula is C23H28ClFN2O2S. The molecule has 30 heavy (non-hydrogen) atoms. The second kappa shape index (κ2) is 12.0. The molecule has 1 atom stereocenters. The molecule has 0 bridgehead atoms. The van der Waals surface area contributed by atoms with E-state index < -0.39 is 6.04 Å². The summed E-state index contributed by atoms with van der Waals surface area (Å²) in [4.78, 5) is 27.1. The van der Waals surface area contributed by atoms with Crippen molar-refractivity contribution in [3.8, 4) is 0 Å². The SMILES string of the molecule is CC(C)CNC(=O)C(C)N(Cc1ccccc1)C(=O)CSCc1c(F)cccc1Cl. The highest BCUT2D eigenvalue weighted by atomic mass is 35.5. The summed E-state index contributed by atoms with van der Waals surface area (Å²) in [5, 5.41) is 3.24. The van der Waals surface area contributed by atoms with Crippen LogP contribution in [0, 0.1) is 11.7 Å². The van der Waals surface area contributed by atoms with Gasteiger partial charge in [0.1, 0.15) is 11.9 Å². The second-order valence-corrected chi connectivity index (χ2v) is 8.91. The van der Waals surface area contributed by atoms with Gasteiger partial charge in [0.25, 0.3) is 0 Å². The zero-order valence-electron chi connectivity index (χ0n) is 17.5. The molecule has 4 nitrogen and oxygen atoms in total. The van der Waals surface area contributed by atoms with Crippen molar-refractivity contribution in [2.45, 2.75) is 39.1 Å². The van der Waals surface area contributed by atoms with Gasteiger partial charge in [-0.1, -0.05) is 61.8 Å². The molecule has 0 saturated carbocycles. The van der Waals surface area contributed by atoms with Crippen LogP contribution < -0.4 is 5.32 Å². The third-order valence-electron chi connectivity index (χ3n) is 4.58. The van der Waals surface area contributed by atoms with Crippen LogP contribution in [-0.4, -0.2) is 35.1 Å². The Bertz CT molecular complexity index is 828. The van der Waals surface area contributed by atoms with E-state index in [9.17, 15) is 14.0 Å². The zero-order chi connectivity index (χ0) is 22.1. The number of benzene rings is 2. The van der Waals surface area contributed by atoms with E-state index in [0.29, 0.717) is 29.6 Å². The highest BCUT2D eigenvalue weighted by Crippen LogP contribution is 2.24. The molecule has 0 aliphatic rings. The van der Waals surface area contributed by atoms with Crippen LogP contribution in [0.2, 0.25) is 5.02 Å². The van der Waals surface area contributed by atoms with Crippen LogP contribution in [0.4, 0.5) is 4.39 Å². The lowest BCUT2D eigenvalue weighted by molar-refractivity contribution is -0.138. The van der Waals surface area contributed by atoms with E-state index >= 15 is 0 Å². The molecule has 0 spiro atoms. The van der Waals surface area contributed by atoms with Crippen molar-refractivity contribution in [2.24, 2.45) is 5.92 Å². The molecular weight excluding hydrogens is 423 g/mol. The van der Waals surface area contributed by atoms with Crippen molar-refractivity contribution < 1.29 is 14.0 Å². The molecule has 0 heterocycles. The molecule has 0 aliphatic heterocycles. The fourth-order valence-electron chi connectivity index (χ4n) is 2.81. The molecule has 1 N–H and O–H groups in total. The van der Waals surface area contributed by atoms with Crippen molar-refractivity contribution >= 4 is 35.2 Å². The van der Waals surface area contributed by atoms with Gasteiger partial charge in [-0.3, -0.25) is 9.59 Å². The van der Waals surface area contributed by atoms with E-state index in [2.05, 4.69) is 5.32 Å². The van der Waals surface area contributed by atoms with Gasteiger partial charge >= 0.3 is 0 Å². The largest absolute Gasteiger partial charge is 0.354 e. The summed E-state index contributed by atoms with van der Waals surface area (Å²) in [6, 6.07) is 13.5. The van der Waals surface area contributed by atoms with Crippen molar-refractivity contribution in [1.82, 2.24) is 10.2 Å². The first-order valence-corrected chi connectivity index (χ1v) is 11.4. The minimum absolute atomic E-state index is 0.124. The van der Waals surface area contributed by atoms with Crippen LogP contribution in [0.15, 0.2) is 48.5 Å². The Balaban J connectivity index is 2.06. The van der Waals surface area contributed by atoms with Gasteiger partial charge in [-0.05, 0) is 30.5 Å². The lowest BCUT2D eigenvalue weighted by Gasteiger charge is -2.29. The summed E-state index contributed by atoms with van der Waals surface area (Å²) in [5.41, 5.74) is 1.32. The number of hydrogen-bond donors (Lipinski definition) is 1. The predicted molar refractivity (Wildman–Crippen MR) is 122 cm³/mol. The normalized spacial score (nSPS) is 11.9. The summed E-state index contributed by atoms with van der Waals surface area (Å²) >= 11 is 7.35. The Kier molecular flexibility index (Phi) is 9.66. The maximum Gasteiger partial charge on any atom is 0.242 e. The number of amides is 2. The summed E-state index contributed by atoms with van der Waals surface area (Å²) in [7, 11) is 0. The van der Waals surface area contributed by atoms with Gasteiger partial charge in [0.15, 0.2) is 0 Å². The second-order valence-electron chi connectivity index (χ2n) is 7.52. The minimum atomic E-state index is -0.617. The van der Waals surface area contributed by atoms with E-state index in [1.54, 1.807) is 24.0 Å². The van der Waals surface area contributed by atoms with Crippen LogP contribution in [0.5, 0.6) is 0 Å². The first-order valence-electron chi connectivity index (χ1n) is 9.91. The van der Waals surface area contributed by atoms with Gasteiger partial charge in [0.2, 0.25) is 11.8 Å². The summed E-state index contributed by atoms with van der Waals surface area (Å²) in [6.07, 6.45) is 0. The van der Waals surface area contributed by atoms with Gasteiger partial charge in [-0.2, -0.15) is 0 Å². The standard InChI is InChI=1S/C23H28ClFN2O2S/c1-16(2)12-26-23(29)17(3)27(13-18-8-5-4-6-9-18)22(28)15-30-14-19-20(24)10-7-11-21(19)25/h4-11,16-17H,12-15H2,1-3H3,(H,26,29). The van der Waals surface area contributed by atoms with Gasteiger partial charge in [0, 0.05) is 29.4 Å². The van der Waals surface area contributed by atoms with E-state index in [0.717, 1.165) is 5.56 Å². The number of halogens is 2. The highest BCUT2D eigenvalue weighted by Gasteiger charge is 2.26. The number of nitrogens with zero attached hydrogens (tertiary/aromatic N) is 1. The minimum Gasteiger partial charge on any atom is -0.354 e. The Morgan fingerprint density at radius 1 is 1.10 bits per heavy atom. The lowest BCUT2D eigenvalue weighted by atomic mass is 10.1. The maximum atomic E-state index is 14.0. The average Bonchev–Trinajstić information content (AvgIpc) is 2.72. The number of nitrogens with one attached hydrogen (secondary N) is 1. The molecule has 2 aromatic rings. The van der Waals surface area contributed by atoms with Gasteiger partial charge < -0.3 is 10.2 Å². The van der Waals surface area contributed by atoms with E-state index in [-0.39, 0.29) is 29.1 Å². The smallest absolute Gasteiger partial charge is 0.242 e. The Hall–Kier alpha value is -2.05.